The molecule has 0 bridgehead atoms. The maximum absolute atomic E-state index is 12.2. The van der Waals surface area contributed by atoms with Gasteiger partial charge >= 0.3 is 6.36 Å². The first-order valence-electron chi connectivity index (χ1n) is 7.07. The Morgan fingerprint density at radius 1 is 1.33 bits per heavy atom. The van der Waals surface area contributed by atoms with Crippen LogP contribution in [0.1, 0.15) is 16.8 Å². The molecule has 0 saturated heterocycles. The summed E-state index contributed by atoms with van der Waals surface area (Å²) in [5.74, 6) is -0.732. The molecule has 0 atom stereocenters. The van der Waals surface area contributed by atoms with Crippen molar-refractivity contribution in [2.24, 2.45) is 0 Å². The Labute approximate surface area is 136 Å². The van der Waals surface area contributed by atoms with Crippen LogP contribution in [0.15, 0.2) is 36.5 Å². The molecule has 1 N–H and O–H groups in total. The van der Waals surface area contributed by atoms with Crippen LogP contribution in [0.4, 0.5) is 19.0 Å². The highest BCUT2D eigenvalue weighted by Crippen LogP contribution is 2.23. The number of nitrogens with one attached hydrogen (secondary N) is 1. The predicted molar refractivity (Wildman–Crippen MR) is 79.8 cm³/mol. The fourth-order valence-corrected chi connectivity index (χ4v) is 1.95. The summed E-state index contributed by atoms with van der Waals surface area (Å²) in [4.78, 5) is 12.1. The number of nitrogens with zero attached hydrogens (tertiary/aromatic N) is 2. The number of hydrogen-bond acceptors (Lipinski definition) is 4. The molecule has 2 aromatic rings. The molecule has 0 saturated carbocycles. The topological polar surface area (TPSA) is 65.4 Å². The molecule has 1 aromatic heterocycles. The van der Waals surface area contributed by atoms with Crippen molar-refractivity contribution in [3.05, 3.63) is 42.1 Å². The van der Waals surface area contributed by atoms with Crippen LogP contribution in [-0.2, 0) is 11.3 Å². The minimum absolute atomic E-state index is 0.0330. The molecule has 6 nitrogen and oxygen atoms in total. The van der Waals surface area contributed by atoms with Crippen molar-refractivity contribution in [2.45, 2.75) is 19.3 Å². The number of halogens is 3. The Kier molecular flexibility index (Phi) is 5.80. The van der Waals surface area contributed by atoms with Gasteiger partial charge in [0.1, 0.15) is 5.75 Å². The standard InChI is InChI=1S/C15H16F3N3O3/c1-23-9-3-7-21-8-6-13(20-21)19-14(22)11-4-2-5-12(10-11)24-15(16,17)18/h2,4-6,8,10H,3,7,9H2,1H3,(H,19,20,22). The molecule has 1 amide bonds. The molecule has 24 heavy (non-hydrogen) atoms. The molecule has 0 fully saturated rings. The van der Waals surface area contributed by atoms with Crippen LogP contribution in [0.5, 0.6) is 5.75 Å². The van der Waals surface area contributed by atoms with Gasteiger partial charge in [-0.15, -0.1) is 13.2 Å². The number of amides is 1. The number of hydrogen-bond donors (Lipinski definition) is 1. The van der Waals surface area contributed by atoms with Crippen molar-refractivity contribution in [2.75, 3.05) is 19.0 Å². The normalized spacial score (nSPS) is 11.3. The van der Waals surface area contributed by atoms with E-state index in [0.29, 0.717) is 19.0 Å². The third-order valence-electron chi connectivity index (χ3n) is 2.95. The molecule has 0 unspecified atom stereocenters. The maximum atomic E-state index is 12.2. The van der Waals surface area contributed by atoms with Crippen LogP contribution in [0, 0.1) is 0 Å². The Hall–Kier alpha value is -2.55. The van der Waals surface area contributed by atoms with Crippen LogP contribution >= 0.6 is 0 Å². The summed E-state index contributed by atoms with van der Waals surface area (Å²) in [5, 5.41) is 6.67. The highest BCUT2D eigenvalue weighted by atomic mass is 19.4. The molecule has 2 rings (SSSR count). The van der Waals surface area contributed by atoms with Gasteiger partial charge in [0.2, 0.25) is 0 Å². The van der Waals surface area contributed by atoms with E-state index < -0.39 is 18.0 Å². The summed E-state index contributed by atoms with van der Waals surface area (Å²) in [6, 6.07) is 6.42. The zero-order valence-corrected chi connectivity index (χ0v) is 12.8. The van der Waals surface area contributed by atoms with Gasteiger partial charge in [-0.05, 0) is 24.6 Å². The van der Waals surface area contributed by atoms with Gasteiger partial charge in [-0.2, -0.15) is 5.10 Å². The maximum Gasteiger partial charge on any atom is 0.573 e. The number of carbonyl (C=O) groups excluding carboxylic acids is 1. The second-order valence-electron chi connectivity index (χ2n) is 4.84. The molecule has 0 aliphatic carbocycles. The fourth-order valence-electron chi connectivity index (χ4n) is 1.95. The summed E-state index contributed by atoms with van der Waals surface area (Å²) in [6.07, 6.45) is -2.35. The fraction of sp³-hybridized carbons (Fsp3) is 0.333. The highest BCUT2D eigenvalue weighted by molar-refractivity contribution is 6.03. The van der Waals surface area contributed by atoms with E-state index >= 15 is 0 Å². The first-order valence-corrected chi connectivity index (χ1v) is 7.07. The summed E-state index contributed by atoms with van der Waals surface area (Å²) >= 11 is 0. The third kappa shape index (κ3) is 5.58. The highest BCUT2D eigenvalue weighted by Gasteiger charge is 2.31. The number of ether oxygens (including phenoxy) is 2. The monoisotopic (exact) mass is 343 g/mol. The number of methoxy groups -OCH3 is 1. The molecule has 130 valence electrons. The van der Waals surface area contributed by atoms with Gasteiger partial charge in [-0.1, -0.05) is 6.07 Å². The zero-order valence-electron chi connectivity index (χ0n) is 12.8. The Bertz CT molecular complexity index is 686. The SMILES string of the molecule is COCCCn1ccc(NC(=O)c2cccc(OC(F)(F)F)c2)n1. The number of carbonyl (C=O) groups is 1. The zero-order chi connectivity index (χ0) is 17.6. The van der Waals surface area contributed by atoms with Crippen molar-refractivity contribution < 1.29 is 27.4 Å². The van der Waals surface area contributed by atoms with Crippen LogP contribution < -0.4 is 10.1 Å². The van der Waals surface area contributed by atoms with E-state index in [9.17, 15) is 18.0 Å². The van der Waals surface area contributed by atoms with E-state index in [1.807, 2.05) is 0 Å². The van der Waals surface area contributed by atoms with Crippen molar-refractivity contribution in [1.82, 2.24) is 9.78 Å². The van der Waals surface area contributed by atoms with Gasteiger partial charge < -0.3 is 14.8 Å². The van der Waals surface area contributed by atoms with E-state index in [4.69, 9.17) is 4.74 Å². The average molecular weight is 343 g/mol. The van der Waals surface area contributed by atoms with Crippen molar-refractivity contribution in [1.29, 1.82) is 0 Å². The lowest BCUT2D eigenvalue weighted by Crippen LogP contribution is -2.18. The lowest BCUT2D eigenvalue weighted by atomic mass is 10.2. The largest absolute Gasteiger partial charge is 0.573 e. The van der Waals surface area contributed by atoms with Gasteiger partial charge in [0.15, 0.2) is 5.82 Å². The van der Waals surface area contributed by atoms with Gasteiger partial charge in [0, 0.05) is 38.1 Å². The second-order valence-corrected chi connectivity index (χ2v) is 4.84. The molecule has 0 radical (unpaired) electrons. The Morgan fingerprint density at radius 2 is 2.12 bits per heavy atom. The first-order chi connectivity index (χ1) is 11.4. The van der Waals surface area contributed by atoms with Crippen LogP contribution in [-0.4, -0.2) is 35.8 Å². The van der Waals surface area contributed by atoms with Gasteiger partial charge in [-0.3, -0.25) is 9.48 Å². The molecule has 1 heterocycles. The number of anilines is 1. The molecule has 1 aromatic carbocycles. The van der Waals surface area contributed by atoms with Crippen LogP contribution in [0.2, 0.25) is 0 Å². The lowest BCUT2D eigenvalue weighted by Gasteiger charge is -2.09. The number of alkyl halides is 3. The smallest absolute Gasteiger partial charge is 0.406 e. The lowest BCUT2D eigenvalue weighted by molar-refractivity contribution is -0.274. The number of rotatable bonds is 7. The van der Waals surface area contributed by atoms with E-state index in [2.05, 4.69) is 15.2 Å². The minimum Gasteiger partial charge on any atom is -0.406 e. The minimum atomic E-state index is -4.81. The Balaban J connectivity index is 1.98. The summed E-state index contributed by atoms with van der Waals surface area (Å²) in [5.41, 5.74) is 0.0330. The van der Waals surface area contributed by atoms with E-state index in [1.165, 1.54) is 12.1 Å². The number of aromatic nitrogens is 2. The van der Waals surface area contributed by atoms with E-state index in [0.717, 1.165) is 18.6 Å². The molecule has 0 aliphatic heterocycles. The van der Waals surface area contributed by atoms with E-state index in [1.54, 1.807) is 24.1 Å². The van der Waals surface area contributed by atoms with Crippen LogP contribution in [0.25, 0.3) is 0 Å². The molecular weight excluding hydrogens is 327 g/mol. The molecular formula is C15H16F3N3O3. The summed E-state index contributed by atoms with van der Waals surface area (Å²) in [7, 11) is 1.60. The second kappa shape index (κ2) is 7.82. The molecule has 9 heteroatoms. The Morgan fingerprint density at radius 3 is 2.83 bits per heavy atom. The summed E-state index contributed by atoms with van der Waals surface area (Å²) in [6.45, 7) is 1.21. The molecule has 0 aliphatic rings. The van der Waals surface area contributed by atoms with Gasteiger partial charge in [0.25, 0.3) is 5.91 Å². The van der Waals surface area contributed by atoms with Gasteiger partial charge in [0.05, 0.1) is 0 Å². The van der Waals surface area contributed by atoms with Crippen molar-refractivity contribution >= 4 is 11.7 Å². The average Bonchev–Trinajstić information content (AvgIpc) is 2.93. The van der Waals surface area contributed by atoms with Crippen molar-refractivity contribution in [3.8, 4) is 5.75 Å². The first kappa shape index (κ1) is 17.8. The number of aryl methyl sites for hydroxylation is 1. The van der Waals surface area contributed by atoms with Gasteiger partial charge in [-0.25, -0.2) is 0 Å². The number of benzene rings is 1. The van der Waals surface area contributed by atoms with Crippen molar-refractivity contribution in [3.63, 3.8) is 0 Å². The predicted octanol–water partition coefficient (Wildman–Crippen LogP) is 3.07. The van der Waals surface area contributed by atoms with Crippen LogP contribution in [0.3, 0.4) is 0 Å². The van der Waals surface area contributed by atoms with E-state index in [-0.39, 0.29) is 5.56 Å². The third-order valence-corrected chi connectivity index (χ3v) is 2.95. The molecule has 0 spiro atoms. The summed E-state index contributed by atoms with van der Waals surface area (Å²) < 4.78 is 47.0. The quantitative estimate of drug-likeness (QED) is 0.785.